The summed E-state index contributed by atoms with van der Waals surface area (Å²) in [6, 6.07) is 28.2. The second-order valence-electron chi connectivity index (χ2n) is 7.21. The molecule has 4 aromatic rings. The van der Waals surface area contributed by atoms with Crippen molar-refractivity contribution in [2.24, 2.45) is 5.73 Å². The van der Waals surface area contributed by atoms with Crippen LogP contribution in [0.15, 0.2) is 104 Å². The quantitative estimate of drug-likeness (QED) is 0.347. The molecule has 1 nitrogen and oxygen atoms in total. The van der Waals surface area contributed by atoms with Crippen molar-refractivity contribution in [2.75, 3.05) is 0 Å². The Morgan fingerprint density at radius 1 is 0.714 bits per heavy atom. The molecule has 4 aromatic carbocycles. The topological polar surface area (TPSA) is 26.0 Å². The van der Waals surface area contributed by atoms with Gasteiger partial charge in [-0.05, 0) is 55.8 Å². The highest BCUT2D eigenvalue weighted by Crippen LogP contribution is 2.49. The molecule has 5 rings (SSSR count). The van der Waals surface area contributed by atoms with Crippen molar-refractivity contribution in [3.63, 3.8) is 0 Å². The zero-order chi connectivity index (χ0) is 19.1. The smallest absolute Gasteiger partial charge is 0.0484 e. The van der Waals surface area contributed by atoms with Crippen molar-refractivity contribution in [1.29, 1.82) is 0 Å². The second-order valence-corrected chi connectivity index (χ2v) is 7.21. The van der Waals surface area contributed by atoms with Gasteiger partial charge in [-0.2, -0.15) is 0 Å². The van der Waals surface area contributed by atoms with Gasteiger partial charge < -0.3 is 5.73 Å². The monoisotopic (exact) mass is 359 g/mol. The lowest BCUT2D eigenvalue weighted by atomic mass is 9.93. The molecule has 0 heterocycles. The van der Waals surface area contributed by atoms with Crippen LogP contribution in [0.5, 0.6) is 0 Å². The van der Waals surface area contributed by atoms with Crippen molar-refractivity contribution >= 4 is 10.8 Å². The summed E-state index contributed by atoms with van der Waals surface area (Å²) >= 11 is 0. The molecule has 1 aliphatic carbocycles. The molecule has 0 spiro atoms. The van der Waals surface area contributed by atoms with Gasteiger partial charge in [-0.15, -0.1) is 0 Å². The van der Waals surface area contributed by atoms with Crippen LogP contribution in [0.3, 0.4) is 0 Å². The van der Waals surface area contributed by atoms with Crippen LogP contribution >= 0.6 is 0 Å². The maximum atomic E-state index is 6.32. The second kappa shape index (κ2) is 6.63. The molecule has 1 heteroatoms. The van der Waals surface area contributed by atoms with E-state index in [1.165, 1.54) is 44.2 Å². The molecular formula is C27H21N. The summed E-state index contributed by atoms with van der Waals surface area (Å²) in [4.78, 5) is 0. The van der Waals surface area contributed by atoms with Crippen LogP contribution < -0.4 is 5.73 Å². The van der Waals surface area contributed by atoms with E-state index in [1.807, 2.05) is 12.2 Å². The van der Waals surface area contributed by atoms with Gasteiger partial charge in [-0.25, -0.2) is 0 Å². The zero-order valence-corrected chi connectivity index (χ0v) is 15.6. The normalized spacial score (nSPS) is 13.0. The predicted molar refractivity (Wildman–Crippen MR) is 120 cm³/mol. The Hall–Kier alpha value is -3.42. The molecule has 1 unspecified atom stereocenters. The number of hydrogen-bond donors (Lipinski definition) is 1. The fourth-order valence-electron chi connectivity index (χ4n) is 4.28. The maximum Gasteiger partial charge on any atom is 0.0484 e. The molecule has 1 aliphatic rings. The highest BCUT2D eigenvalue weighted by atomic mass is 14.6. The summed E-state index contributed by atoms with van der Waals surface area (Å²) in [5.41, 5.74) is 15.2. The molecule has 1 atom stereocenters. The number of benzene rings is 4. The van der Waals surface area contributed by atoms with Crippen molar-refractivity contribution in [3.8, 4) is 33.4 Å². The Kier molecular flexibility index (Phi) is 3.96. The van der Waals surface area contributed by atoms with E-state index in [0.29, 0.717) is 0 Å². The molecular weight excluding hydrogens is 338 g/mol. The molecule has 0 saturated heterocycles. The van der Waals surface area contributed by atoms with Gasteiger partial charge >= 0.3 is 0 Å². The van der Waals surface area contributed by atoms with Crippen LogP contribution in [0.1, 0.15) is 11.6 Å². The fourth-order valence-corrected chi connectivity index (χ4v) is 4.28. The summed E-state index contributed by atoms with van der Waals surface area (Å²) in [6.45, 7) is 3.72. The maximum absolute atomic E-state index is 6.32. The fraction of sp³-hybridized carbons (Fsp3) is 0.0370. The first-order valence-electron chi connectivity index (χ1n) is 9.58. The molecule has 0 bridgehead atoms. The first kappa shape index (κ1) is 16.7. The van der Waals surface area contributed by atoms with Crippen molar-refractivity contribution in [1.82, 2.24) is 0 Å². The lowest BCUT2D eigenvalue weighted by Gasteiger charge is -2.13. The minimum Gasteiger partial charge on any atom is -0.321 e. The van der Waals surface area contributed by atoms with Gasteiger partial charge in [0.15, 0.2) is 0 Å². The molecule has 0 fully saturated rings. The highest BCUT2D eigenvalue weighted by Gasteiger charge is 2.22. The van der Waals surface area contributed by atoms with Gasteiger partial charge in [0.2, 0.25) is 0 Å². The van der Waals surface area contributed by atoms with Crippen LogP contribution in [0.2, 0.25) is 0 Å². The number of rotatable bonds is 4. The summed E-state index contributed by atoms with van der Waals surface area (Å²) in [6.07, 6.45) is 5.62. The van der Waals surface area contributed by atoms with E-state index in [-0.39, 0.29) is 6.04 Å². The molecule has 0 saturated carbocycles. The van der Waals surface area contributed by atoms with Crippen LogP contribution in [-0.2, 0) is 0 Å². The van der Waals surface area contributed by atoms with Gasteiger partial charge in [0, 0.05) is 6.04 Å². The SMILES string of the molecule is C=C/C=C\C(N)c1cccc(-c2ccc3c4c(cccc24)-c2ccccc2-3)c1. The third-order valence-electron chi connectivity index (χ3n) is 5.59. The van der Waals surface area contributed by atoms with Gasteiger partial charge in [-0.1, -0.05) is 97.6 Å². The first-order chi connectivity index (χ1) is 13.8. The van der Waals surface area contributed by atoms with Crippen molar-refractivity contribution in [2.45, 2.75) is 6.04 Å². The highest BCUT2D eigenvalue weighted by molar-refractivity contribution is 6.18. The summed E-state index contributed by atoms with van der Waals surface area (Å²) in [5.74, 6) is 0. The van der Waals surface area contributed by atoms with Gasteiger partial charge in [0.1, 0.15) is 0 Å². The largest absolute Gasteiger partial charge is 0.321 e. The van der Waals surface area contributed by atoms with E-state index in [2.05, 4.69) is 85.4 Å². The minimum atomic E-state index is -0.140. The standard InChI is InChI=1S/C27H21N/c1-2-3-14-26(28)19-9-6-8-18(17-19)20-15-16-25-22-11-5-4-10-21(22)24-13-7-12-23(20)27(24)25/h2-17,26H,1,28H2/b14-3-. The van der Waals surface area contributed by atoms with Gasteiger partial charge in [0.25, 0.3) is 0 Å². The average Bonchev–Trinajstić information content (AvgIpc) is 3.08. The molecule has 0 radical (unpaired) electrons. The average molecular weight is 359 g/mol. The van der Waals surface area contributed by atoms with Crippen LogP contribution in [0.25, 0.3) is 44.2 Å². The van der Waals surface area contributed by atoms with Crippen molar-refractivity contribution < 1.29 is 0 Å². The van der Waals surface area contributed by atoms with E-state index in [4.69, 9.17) is 5.73 Å². The molecule has 134 valence electrons. The van der Waals surface area contributed by atoms with Crippen LogP contribution in [0.4, 0.5) is 0 Å². The Balaban J connectivity index is 1.70. The molecule has 2 N–H and O–H groups in total. The Morgan fingerprint density at radius 2 is 1.39 bits per heavy atom. The molecule has 0 aliphatic heterocycles. The Bertz CT molecular complexity index is 1220. The third-order valence-corrected chi connectivity index (χ3v) is 5.59. The molecule has 0 aromatic heterocycles. The summed E-state index contributed by atoms with van der Waals surface area (Å²) < 4.78 is 0. The van der Waals surface area contributed by atoms with E-state index >= 15 is 0 Å². The lowest BCUT2D eigenvalue weighted by Crippen LogP contribution is -2.06. The van der Waals surface area contributed by atoms with Gasteiger partial charge in [-0.3, -0.25) is 0 Å². The summed E-state index contributed by atoms with van der Waals surface area (Å²) in [7, 11) is 0. The molecule has 28 heavy (non-hydrogen) atoms. The van der Waals surface area contributed by atoms with E-state index in [1.54, 1.807) is 6.08 Å². The molecule has 0 amide bonds. The Labute approximate surface area is 165 Å². The van der Waals surface area contributed by atoms with Crippen molar-refractivity contribution in [3.05, 3.63) is 109 Å². The number of hydrogen-bond acceptors (Lipinski definition) is 1. The van der Waals surface area contributed by atoms with Gasteiger partial charge in [0.05, 0.1) is 0 Å². The predicted octanol–water partition coefficient (Wildman–Crippen LogP) is 6.90. The number of nitrogens with two attached hydrogens (primary N) is 1. The third kappa shape index (κ3) is 2.52. The number of allylic oxidation sites excluding steroid dienone is 2. The van der Waals surface area contributed by atoms with Crippen LogP contribution in [0, 0.1) is 0 Å². The zero-order valence-electron chi connectivity index (χ0n) is 15.6. The van der Waals surface area contributed by atoms with E-state index in [0.717, 1.165) is 5.56 Å². The lowest BCUT2D eigenvalue weighted by molar-refractivity contribution is 0.912. The number of fused-ring (bicyclic) bond motifs is 3. The first-order valence-corrected chi connectivity index (χ1v) is 9.58. The minimum absolute atomic E-state index is 0.140. The van der Waals surface area contributed by atoms with E-state index < -0.39 is 0 Å². The summed E-state index contributed by atoms with van der Waals surface area (Å²) in [5, 5.41) is 2.64. The Morgan fingerprint density at radius 3 is 2.18 bits per heavy atom. The van der Waals surface area contributed by atoms with Crippen LogP contribution in [-0.4, -0.2) is 0 Å². The van der Waals surface area contributed by atoms with E-state index in [9.17, 15) is 0 Å².